The Kier molecular flexibility index (Phi) is 6.15. The van der Waals surface area contributed by atoms with Gasteiger partial charge in [-0.3, -0.25) is 18.5 Å². The van der Waals surface area contributed by atoms with E-state index in [1.54, 1.807) is 0 Å². The highest BCUT2D eigenvalue weighted by atomic mass is 32.2. The van der Waals surface area contributed by atoms with Crippen LogP contribution in [0.1, 0.15) is 33.1 Å². The SMILES string of the molecule is CC1(C)C2CCC1(CS(=O)(=O)O)C(=O)C2.O=S(=O)(O)CCS(=O)(=O)O. The minimum absolute atomic E-state index is 0.0152. The van der Waals surface area contributed by atoms with Crippen molar-refractivity contribution < 1.29 is 43.7 Å². The van der Waals surface area contributed by atoms with E-state index in [2.05, 4.69) is 0 Å². The molecule has 13 heteroatoms. The van der Waals surface area contributed by atoms with Crippen LogP contribution in [0.25, 0.3) is 0 Å². The van der Waals surface area contributed by atoms with E-state index in [0.29, 0.717) is 12.8 Å². The maximum absolute atomic E-state index is 11.9. The first-order chi connectivity index (χ1) is 10.9. The van der Waals surface area contributed by atoms with E-state index in [-0.39, 0.29) is 17.1 Å². The van der Waals surface area contributed by atoms with Gasteiger partial charge in [0, 0.05) is 6.42 Å². The van der Waals surface area contributed by atoms with Crippen molar-refractivity contribution >= 4 is 36.1 Å². The van der Waals surface area contributed by atoms with Gasteiger partial charge in [0.25, 0.3) is 30.4 Å². The van der Waals surface area contributed by atoms with E-state index in [9.17, 15) is 30.0 Å². The molecule has 2 saturated carbocycles. The first-order valence-electron chi connectivity index (χ1n) is 7.28. The number of rotatable bonds is 5. The quantitative estimate of drug-likeness (QED) is 0.511. The molecule has 0 aromatic heterocycles. The Morgan fingerprint density at radius 3 is 1.60 bits per heavy atom. The Bertz CT molecular complexity index is 806. The first kappa shape index (κ1) is 22.4. The van der Waals surface area contributed by atoms with Gasteiger partial charge in [0.2, 0.25) is 0 Å². The summed E-state index contributed by atoms with van der Waals surface area (Å²) in [4.78, 5) is 11.9. The van der Waals surface area contributed by atoms with Gasteiger partial charge < -0.3 is 0 Å². The highest BCUT2D eigenvalue weighted by Gasteiger charge is 2.65. The minimum Gasteiger partial charge on any atom is -0.299 e. The Balaban J connectivity index is 0.000000275. The van der Waals surface area contributed by atoms with Gasteiger partial charge in [0.15, 0.2) is 0 Å². The van der Waals surface area contributed by atoms with Gasteiger partial charge in [-0.25, -0.2) is 0 Å². The lowest BCUT2D eigenvalue weighted by atomic mass is 9.70. The largest absolute Gasteiger partial charge is 0.299 e. The van der Waals surface area contributed by atoms with Crippen LogP contribution in [0.3, 0.4) is 0 Å². The van der Waals surface area contributed by atoms with Gasteiger partial charge in [-0.2, -0.15) is 25.3 Å². The number of fused-ring (bicyclic) bond motifs is 2. The molecule has 2 rings (SSSR count). The summed E-state index contributed by atoms with van der Waals surface area (Å²) in [6, 6.07) is 0. The monoisotopic (exact) mass is 422 g/mol. The van der Waals surface area contributed by atoms with E-state index in [1.807, 2.05) is 13.8 Å². The molecular formula is C12H22O10S3. The summed E-state index contributed by atoms with van der Waals surface area (Å²) in [5.41, 5.74) is -1.12. The molecule has 2 bridgehead atoms. The Labute approximate surface area is 147 Å². The lowest BCUT2D eigenvalue weighted by Gasteiger charge is -2.35. The predicted octanol–water partition coefficient (Wildman–Crippen LogP) is 0.0316. The van der Waals surface area contributed by atoms with E-state index in [1.165, 1.54) is 0 Å². The Hall–Kier alpha value is -0.600. The molecule has 0 aromatic carbocycles. The van der Waals surface area contributed by atoms with Crippen molar-refractivity contribution in [2.75, 3.05) is 17.3 Å². The molecule has 2 unspecified atom stereocenters. The molecule has 3 N–H and O–H groups in total. The molecule has 25 heavy (non-hydrogen) atoms. The summed E-state index contributed by atoms with van der Waals surface area (Å²) in [7, 11) is -12.7. The van der Waals surface area contributed by atoms with E-state index in [0.717, 1.165) is 6.42 Å². The molecule has 2 fully saturated rings. The van der Waals surface area contributed by atoms with Crippen LogP contribution < -0.4 is 0 Å². The second kappa shape index (κ2) is 6.85. The summed E-state index contributed by atoms with van der Waals surface area (Å²) < 4.78 is 86.4. The normalized spacial score (nSPS) is 28.5. The zero-order valence-corrected chi connectivity index (χ0v) is 16.2. The summed E-state index contributed by atoms with van der Waals surface area (Å²) in [5, 5.41) is 0. The van der Waals surface area contributed by atoms with Crippen LogP contribution in [-0.4, -0.2) is 62.0 Å². The molecule has 2 aliphatic rings. The summed E-state index contributed by atoms with van der Waals surface area (Å²) >= 11 is 0. The predicted molar refractivity (Wildman–Crippen MR) is 87.8 cm³/mol. The molecular weight excluding hydrogens is 400 g/mol. The number of Topliss-reactive ketones (excluding diaryl/α,β-unsaturated/α-hetero) is 1. The van der Waals surface area contributed by atoms with Crippen molar-refractivity contribution in [2.24, 2.45) is 16.7 Å². The molecule has 2 aliphatic carbocycles. The summed E-state index contributed by atoms with van der Waals surface area (Å²) in [6.45, 7) is 3.89. The maximum atomic E-state index is 11.9. The van der Waals surface area contributed by atoms with Crippen LogP contribution in [0.2, 0.25) is 0 Å². The molecule has 0 saturated heterocycles. The van der Waals surface area contributed by atoms with E-state index < -0.39 is 53.0 Å². The van der Waals surface area contributed by atoms with Crippen LogP contribution in [0.4, 0.5) is 0 Å². The number of hydrogen-bond acceptors (Lipinski definition) is 7. The second-order valence-electron chi connectivity index (χ2n) is 6.97. The number of carbonyl (C=O) groups excluding carboxylic acids is 1. The molecule has 0 radical (unpaired) electrons. The third-order valence-corrected chi connectivity index (χ3v) is 7.72. The van der Waals surface area contributed by atoms with Gasteiger partial charge in [0.1, 0.15) is 5.78 Å². The van der Waals surface area contributed by atoms with Crippen LogP contribution in [0, 0.1) is 16.7 Å². The van der Waals surface area contributed by atoms with Crippen LogP contribution in [-0.2, 0) is 35.1 Å². The molecule has 0 aromatic rings. The zero-order valence-electron chi connectivity index (χ0n) is 13.7. The summed E-state index contributed by atoms with van der Waals surface area (Å²) in [5.74, 6) is -2.06. The van der Waals surface area contributed by atoms with Crippen LogP contribution in [0.5, 0.6) is 0 Å². The number of carbonyl (C=O) groups is 1. The van der Waals surface area contributed by atoms with Gasteiger partial charge in [-0.1, -0.05) is 13.8 Å². The fourth-order valence-corrected chi connectivity index (χ4v) is 6.62. The minimum atomic E-state index is -4.30. The second-order valence-corrected chi connectivity index (χ2v) is 11.6. The van der Waals surface area contributed by atoms with Gasteiger partial charge in [-0.05, 0) is 24.2 Å². The third kappa shape index (κ3) is 5.69. The summed E-state index contributed by atoms with van der Waals surface area (Å²) in [6.07, 6.45) is 1.97. The highest BCUT2D eigenvalue weighted by molar-refractivity contribution is 7.89. The van der Waals surface area contributed by atoms with E-state index >= 15 is 0 Å². The molecule has 0 aliphatic heterocycles. The molecule has 148 valence electrons. The lowest BCUT2D eigenvalue weighted by molar-refractivity contribution is -0.128. The molecule has 0 amide bonds. The molecule has 0 heterocycles. The van der Waals surface area contributed by atoms with Crippen LogP contribution in [0.15, 0.2) is 0 Å². The molecule has 0 spiro atoms. The highest BCUT2D eigenvalue weighted by Crippen LogP contribution is 2.64. The van der Waals surface area contributed by atoms with Crippen molar-refractivity contribution in [1.82, 2.24) is 0 Å². The van der Waals surface area contributed by atoms with Crippen molar-refractivity contribution in [1.29, 1.82) is 0 Å². The maximum Gasteiger partial charge on any atom is 0.265 e. The Morgan fingerprint density at radius 1 is 0.920 bits per heavy atom. The van der Waals surface area contributed by atoms with Crippen molar-refractivity contribution in [3.8, 4) is 0 Å². The average molecular weight is 422 g/mol. The molecule has 2 atom stereocenters. The topological polar surface area (TPSA) is 180 Å². The van der Waals surface area contributed by atoms with Gasteiger partial charge in [-0.15, -0.1) is 0 Å². The van der Waals surface area contributed by atoms with Crippen molar-refractivity contribution in [2.45, 2.75) is 33.1 Å². The smallest absolute Gasteiger partial charge is 0.265 e. The fraction of sp³-hybridized carbons (Fsp3) is 0.917. The number of ketones is 1. The van der Waals surface area contributed by atoms with Crippen molar-refractivity contribution in [3.63, 3.8) is 0 Å². The van der Waals surface area contributed by atoms with Gasteiger partial charge in [0.05, 0.1) is 22.7 Å². The average Bonchev–Trinajstić information content (AvgIpc) is 2.67. The fourth-order valence-electron chi connectivity index (χ4n) is 3.63. The lowest BCUT2D eigenvalue weighted by Crippen LogP contribution is -2.42. The Morgan fingerprint density at radius 2 is 1.36 bits per heavy atom. The first-order valence-corrected chi connectivity index (χ1v) is 12.1. The van der Waals surface area contributed by atoms with E-state index in [4.69, 9.17) is 13.7 Å². The van der Waals surface area contributed by atoms with Crippen LogP contribution >= 0.6 is 0 Å². The number of hydrogen-bond donors (Lipinski definition) is 3. The standard InChI is InChI=1S/C10H16O4S.C2H6O6S2/c1-9(2)7-3-4-10(9,8(11)5-7)6-15(12,13)14;3-9(4,5)1-2-10(6,7)8/h7H,3-6H2,1-2H3,(H,12,13,14);1-2H2,(H,3,4,5)(H,6,7,8). The van der Waals surface area contributed by atoms with Crippen molar-refractivity contribution in [3.05, 3.63) is 0 Å². The third-order valence-electron chi connectivity index (χ3n) is 5.17. The molecule has 10 nitrogen and oxygen atoms in total. The zero-order chi connectivity index (χ0) is 19.9. The van der Waals surface area contributed by atoms with Gasteiger partial charge >= 0.3 is 0 Å².